The maximum absolute atomic E-state index is 13.0. The number of rotatable bonds is 10. The first-order valence-electron chi connectivity index (χ1n) is 32.6. The van der Waals surface area contributed by atoms with Crippen LogP contribution in [0.2, 0.25) is 0 Å². The van der Waals surface area contributed by atoms with Gasteiger partial charge in [-0.1, -0.05) is 54.6 Å². The van der Waals surface area contributed by atoms with Gasteiger partial charge in [-0.3, -0.25) is 34.4 Å². The standard InChI is InChI=1S/2C13H10F3N2.C13H9N4.C12H9F2N2.C12H10FN2.2C6H5NO2.C5H12O2.4Ir/c2*1-8-7-17-12(9(2)18-8)10-3-5-11(6-4-10)13(14,15)16;1-2-6-10(7-3-1)12-15-13(17-16-12)11-8-4-5-9-14-11;1-7-6-15-12(8(2)16-7)9-3-10(13)5-11(14)4-9;1-8-7-14-12(9(2)15-8)10-3-5-11(13)6-4-10;2*8-6(9)5-3-1-2-4-7-5;1-4(6)3-5(2)7;;;;/h2*3,5-7H,1-2H3;1-9H;3,5-6H,1-2H3;3,5-7H,1-2H3;2*1-4H,(H,8,9);4-7H,3H2,1-2H3;;;;/q5*-1;;;;;;;. The molecule has 4 radical (unpaired) electrons. The third kappa shape index (κ3) is 34.0. The Balaban J connectivity index is 0.000000443. The smallest absolute Gasteiger partial charge is 0.381 e. The van der Waals surface area contributed by atoms with E-state index in [9.17, 15) is 49.1 Å². The van der Waals surface area contributed by atoms with Gasteiger partial charge in [0.05, 0.1) is 46.5 Å². The third-order valence-corrected chi connectivity index (χ3v) is 14.0. The molecule has 113 heavy (non-hydrogen) atoms. The summed E-state index contributed by atoms with van der Waals surface area (Å²) in [5.74, 6) is -2.47. The molecule has 8 heterocycles. The number of benzene rings is 5. The van der Waals surface area contributed by atoms with Crippen LogP contribution in [0.3, 0.4) is 0 Å². The number of aromatic nitrogens is 14. The number of aliphatic hydroxyl groups is 2. The molecule has 0 aliphatic carbocycles. The van der Waals surface area contributed by atoms with Crippen molar-refractivity contribution in [2.24, 2.45) is 0 Å². The molecule has 20 nitrogen and oxygen atoms in total. The van der Waals surface area contributed by atoms with Gasteiger partial charge in [-0.25, -0.2) is 28.3 Å². The minimum Gasteiger partial charge on any atom is -0.477 e. The van der Waals surface area contributed by atoms with Gasteiger partial charge in [-0.2, -0.15) is 26.3 Å². The summed E-state index contributed by atoms with van der Waals surface area (Å²) in [6, 6.07) is 48.3. The average molecular weight is 2260 g/mol. The predicted molar refractivity (Wildman–Crippen MR) is 387 cm³/mol. The summed E-state index contributed by atoms with van der Waals surface area (Å²) in [6.45, 7) is 17.8. The summed E-state index contributed by atoms with van der Waals surface area (Å²) in [6.07, 6.45) is 2.05. The SMILES string of the molecule is CC(O)CC(C)O.Cc1cnc(-c2[c-]c(F)cc(F)c2)c(C)n1.Cc1cnc(-c2[c-]cc(C(F)(F)F)cc2)c(C)n1.Cc1cnc(-c2[c-]cc(C(F)(F)F)cc2)c(C)n1.Cc1cnc(-c2[c-]cc(F)cc2)c(C)n1.O=C(O)c1ccccn1.O=C(O)c1ccccn1.[Ir].[Ir].[Ir].[Ir].c1ccc(-c2n[n-]c(-c3ccccn3)n2)cc1. The van der Waals surface area contributed by atoms with Gasteiger partial charge in [-0.15, -0.1) is 107 Å². The van der Waals surface area contributed by atoms with Gasteiger partial charge in [-0.05, 0) is 135 Å². The minimum atomic E-state index is -4.34. The number of pyridine rings is 3. The summed E-state index contributed by atoms with van der Waals surface area (Å²) in [5.41, 5.74) is 10.8. The Morgan fingerprint density at radius 1 is 0.434 bits per heavy atom. The van der Waals surface area contributed by atoms with E-state index in [1.807, 2.05) is 62.4 Å². The van der Waals surface area contributed by atoms with Crippen molar-refractivity contribution in [3.8, 4) is 67.9 Å². The molecule has 0 amide bonds. The largest absolute Gasteiger partial charge is 0.477 e. The molecule has 0 spiro atoms. The zero-order valence-corrected chi connectivity index (χ0v) is 71.0. The van der Waals surface area contributed by atoms with Crippen molar-refractivity contribution in [2.45, 2.75) is 100 Å². The fraction of sp³-hybridized carbons (Fsp3) is 0.188. The molecule has 0 saturated carbocycles. The number of nitrogens with zero attached hydrogens (tertiary/aromatic N) is 14. The quantitative estimate of drug-likeness (QED) is 0.0730. The summed E-state index contributed by atoms with van der Waals surface area (Å²) in [4.78, 5) is 69.6. The maximum atomic E-state index is 13.0. The Kier molecular flexibility index (Phi) is 42.6. The molecule has 0 fully saturated rings. The van der Waals surface area contributed by atoms with Crippen molar-refractivity contribution in [1.82, 2.24) is 70.0 Å². The number of carboxylic acids is 2. The van der Waals surface area contributed by atoms with Crippen LogP contribution in [0.5, 0.6) is 0 Å². The molecule has 13 aromatic rings. The third-order valence-electron chi connectivity index (χ3n) is 14.0. The molecule has 600 valence electrons. The van der Waals surface area contributed by atoms with Gasteiger partial charge in [0.25, 0.3) is 0 Å². The van der Waals surface area contributed by atoms with E-state index in [1.54, 1.807) is 117 Å². The fourth-order valence-corrected chi connectivity index (χ4v) is 9.15. The van der Waals surface area contributed by atoms with E-state index in [2.05, 4.69) is 94.3 Å². The van der Waals surface area contributed by atoms with Crippen LogP contribution in [0.4, 0.5) is 39.5 Å². The van der Waals surface area contributed by atoms with Crippen LogP contribution >= 0.6 is 0 Å². The van der Waals surface area contributed by atoms with E-state index < -0.39 is 47.1 Å². The molecular weight excluding hydrogens is 2190 g/mol. The fourth-order valence-electron chi connectivity index (χ4n) is 9.15. The molecular formula is C80H70F9Ir4N14O6-5. The number of carboxylic acid groups (broad SMARTS) is 2. The van der Waals surface area contributed by atoms with Gasteiger partial charge in [0.1, 0.15) is 11.4 Å². The van der Waals surface area contributed by atoms with E-state index >= 15 is 0 Å². The summed E-state index contributed by atoms with van der Waals surface area (Å²) >= 11 is 0. The number of hydrogen-bond acceptors (Lipinski definition) is 17. The predicted octanol–water partition coefficient (Wildman–Crippen LogP) is 16.5. The number of aryl methyl sites for hydroxylation is 8. The van der Waals surface area contributed by atoms with Gasteiger partial charge in [0.2, 0.25) is 0 Å². The Morgan fingerprint density at radius 2 is 0.805 bits per heavy atom. The van der Waals surface area contributed by atoms with E-state index in [-0.39, 0.29) is 115 Å². The van der Waals surface area contributed by atoms with E-state index in [1.165, 1.54) is 54.9 Å². The van der Waals surface area contributed by atoms with Crippen LogP contribution < -0.4 is 5.10 Å². The average Bonchev–Trinajstić information content (AvgIpc) is 1.72. The van der Waals surface area contributed by atoms with Crippen molar-refractivity contribution < 1.29 is 150 Å². The first kappa shape index (κ1) is 98.9. The van der Waals surface area contributed by atoms with E-state index in [0.717, 1.165) is 81.3 Å². The molecule has 0 saturated heterocycles. The molecule has 0 bridgehead atoms. The molecule has 0 aliphatic rings. The zero-order valence-electron chi connectivity index (χ0n) is 61.4. The topological polar surface area (TPSA) is 297 Å². The molecule has 13 rings (SSSR count). The molecule has 33 heteroatoms. The van der Waals surface area contributed by atoms with Crippen LogP contribution in [0, 0.1) is 97.1 Å². The Morgan fingerprint density at radius 3 is 1.10 bits per heavy atom. The van der Waals surface area contributed by atoms with Crippen LogP contribution in [-0.4, -0.2) is 109 Å². The number of carbonyl (C=O) groups is 2. The van der Waals surface area contributed by atoms with Crippen molar-refractivity contribution in [3.63, 3.8) is 0 Å². The summed E-state index contributed by atoms with van der Waals surface area (Å²) < 4.78 is 113. The van der Waals surface area contributed by atoms with Gasteiger partial charge < -0.3 is 50.4 Å². The van der Waals surface area contributed by atoms with Crippen molar-refractivity contribution >= 4 is 11.9 Å². The Hall–Kier alpha value is -10.2. The van der Waals surface area contributed by atoms with Crippen molar-refractivity contribution in [3.05, 3.63) is 305 Å². The summed E-state index contributed by atoms with van der Waals surface area (Å²) in [5, 5.41) is 41.9. The summed E-state index contributed by atoms with van der Waals surface area (Å²) in [7, 11) is 0. The number of hydrogen-bond donors (Lipinski definition) is 4. The van der Waals surface area contributed by atoms with Crippen LogP contribution in [-0.2, 0) is 92.8 Å². The minimum absolute atomic E-state index is 0. The second-order valence-corrected chi connectivity index (χ2v) is 23.3. The molecule has 0 aliphatic heterocycles. The second kappa shape index (κ2) is 48.7. The second-order valence-electron chi connectivity index (χ2n) is 23.3. The van der Waals surface area contributed by atoms with Crippen LogP contribution in [0.1, 0.15) is 97.9 Å². The normalized spacial score (nSPS) is 10.7. The molecule has 8 aromatic heterocycles. The van der Waals surface area contributed by atoms with Gasteiger partial charge >= 0.3 is 24.3 Å². The molecule has 4 N–H and O–H groups in total. The van der Waals surface area contributed by atoms with Crippen molar-refractivity contribution in [1.29, 1.82) is 0 Å². The molecule has 2 unspecified atom stereocenters. The van der Waals surface area contributed by atoms with Crippen LogP contribution in [0.15, 0.2) is 195 Å². The molecule has 5 aromatic carbocycles. The van der Waals surface area contributed by atoms with E-state index in [4.69, 9.17) is 20.4 Å². The maximum Gasteiger partial charge on any atom is 0.381 e. The monoisotopic (exact) mass is 2270 g/mol. The van der Waals surface area contributed by atoms with Gasteiger partial charge in [0, 0.05) is 187 Å². The number of aliphatic hydroxyl groups excluding tert-OH is 2. The zero-order chi connectivity index (χ0) is 80.0. The van der Waals surface area contributed by atoms with E-state index in [0.29, 0.717) is 63.4 Å². The van der Waals surface area contributed by atoms with Gasteiger partial charge in [0.15, 0.2) is 0 Å². The first-order chi connectivity index (χ1) is 51.6. The van der Waals surface area contributed by atoms with Crippen molar-refractivity contribution in [2.75, 3.05) is 0 Å². The molecule has 2 atom stereocenters. The number of aromatic carboxylic acids is 2. The Labute approximate surface area is 699 Å². The number of alkyl halides is 6. The Bertz CT molecular complexity index is 4790. The van der Waals surface area contributed by atoms with Crippen LogP contribution in [0.25, 0.3) is 67.9 Å². The first-order valence-corrected chi connectivity index (χ1v) is 32.6. The number of halogens is 9.